The Morgan fingerprint density at radius 3 is 2.94 bits per heavy atom. The topological polar surface area (TPSA) is 24.9 Å². The fourth-order valence-electron chi connectivity index (χ4n) is 1.63. The molecule has 2 rings (SSSR count). The van der Waals surface area contributed by atoms with Gasteiger partial charge in [0.25, 0.3) is 0 Å². The second kappa shape index (κ2) is 4.93. The highest BCUT2D eigenvalue weighted by atomic mass is 32.1. The van der Waals surface area contributed by atoms with E-state index < -0.39 is 0 Å². The van der Waals surface area contributed by atoms with Gasteiger partial charge >= 0.3 is 0 Å². The number of nitrogens with one attached hydrogen (secondary N) is 1. The molecule has 1 N–H and O–H groups in total. The summed E-state index contributed by atoms with van der Waals surface area (Å²) >= 11 is 1.75. The van der Waals surface area contributed by atoms with Crippen LogP contribution in [0.25, 0.3) is 10.2 Å². The third-order valence-corrected chi connectivity index (χ3v) is 3.51. The van der Waals surface area contributed by atoms with Gasteiger partial charge in [-0.05, 0) is 42.5 Å². The summed E-state index contributed by atoms with van der Waals surface area (Å²) in [5.41, 5.74) is 2.38. The quantitative estimate of drug-likeness (QED) is 0.874. The number of hydrogen-bond acceptors (Lipinski definition) is 3. The van der Waals surface area contributed by atoms with Gasteiger partial charge in [-0.3, -0.25) is 4.98 Å². The number of thiophene rings is 1. The number of nitrogens with zero attached hydrogens (tertiary/aromatic N) is 1. The van der Waals surface area contributed by atoms with Crippen LogP contribution in [0.5, 0.6) is 0 Å². The van der Waals surface area contributed by atoms with Crippen molar-refractivity contribution in [2.45, 2.75) is 26.8 Å². The van der Waals surface area contributed by atoms with Gasteiger partial charge in [-0.15, -0.1) is 11.3 Å². The molecule has 2 nitrogen and oxygen atoms in total. The molecule has 1 unspecified atom stereocenters. The van der Waals surface area contributed by atoms with Crippen molar-refractivity contribution >= 4 is 21.6 Å². The maximum absolute atomic E-state index is 4.46. The van der Waals surface area contributed by atoms with E-state index in [0.717, 1.165) is 12.1 Å². The molecule has 2 heterocycles. The highest BCUT2D eigenvalue weighted by molar-refractivity contribution is 7.17. The fraction of sp³-hybridized carbons (Fsp3) is 0.462. The summed E-state index contributed by atoms with van der Waals surface area (Å²) in [7, 11) is 0. The largest absolute Gasteiger partial charge is 0.310 e. The predicted molar refractivity (Wildman–Crippen MR) is 70.9 cm³/mol. The minimum absolute atomic E-state index is 0.376. The molecular weight excluding hydrogens is 216 g/mol. The Kier molecular flexibility index (Phi) is 3.56. The second-order valence-electron chi connectivity index (χ2n) is 4.60. The highest BCUT2D eigenvalue weighted by Gasteiger charge is 2.07. The summed E-state index contributed by atoms with van der Waals surface area (Å²) in [4.78, 5) is 4.46. The van der Waals surface area contributed by atoms with Crippen LogP contribution >= 0.6 is 11.3 Å². The minimum atomic E-state index is 0.376. The molecule has 0 amide bonds. The van der Waals surface area contributed by atoms with Gasteiger partial charge in [0.1, 0.15) is 0 Å². The first-order valence-corrected chi connectivity index (χ1v) is 6.61. The Balaban J connectivity index is 2.12. The van der Waals surface area contributed by atoms with E-state index in [4.69, 9.17) is 0 Å². The van der Waals surface area contributed by atoms with Crippen LogP contribution in [0.2, 0.25) is 0 Å². The standard InChI is InChI=1S/C13H18N2S/c1-9(2)7-14-10(3)11-6-13-12(15-8-11)4-5-16-13/h4-6,8-10,14H,7H2,1-3H3. The van der Waals surface area contributed by atoms with Crippen molar-refractivity contribution in [3.63, 3.8) is 0 Å². The molecule has 0 bridgehead atoms. The van der Waals surface area contributed by atoms with Gasteiger partial charge in [0.05, 0.1) is 10.2 Å². The lowest BCUT2D eigenvalue weighted by Crippen LogP contribution is -2.23. The average molecular weight is 234 g/mol. The summed E-state index contributed by atoms with van der Waals surface area (Å²) in [5.74, 6) is 0.681. The van der Waals surface area contributed by atoms with Gasteiger partial charge in [0.2, 0.25) is 0 Å². The lowest BCUT2D eigenvalue weighted by molar-refractivity contribution is 0.496. The van der Waals surface area contributed by atoms with Crippen molar-refractivity contribution in [3.8, 4) is 0 Å². The third-order valence-electron chi connectivity index (χ3n) is 2.66. The molecule has 0 aromatic carbocycles. The molecule has 0 aliphatic carbocycles. The van der Waals surface area contributed by atoms with E-state index in [1.54, 1.807) is 11.3 Å². The Hall–Kier alpha value is -0.930. The molecule has 0 aliphatic rings. The maximum Gasteiger partial charge on any atom is 0.0809 e. The molecule has 2 aromatic rings. The molecule has 0 radical (unpaired) electrons. The number of pyridine rings is 1. The van der Waals surface area contributed by atoms with Gasteiger partial charge in [-0.1, -0.05) is 13.8 Å². The lowest BCUT2D eigenvalue weighted by atomic mass is 10.1. The molecule has 3 heteroatoms. The van der Waals surface area contributed by atoms with E-state index in [0.29, 0.717) is 12.0 Å². The van der Waals surface area contributed by atoms with Gasteiger partial charge in [-0.2, -0.15) is 0 Å². The first-order chi connectivity index (χ1) is 7.66. The molecule has 16 heavy (non-hydrogen) atoms. The van der Waals surface area contributed by atoms with Crippen molar-refractivity contribution in [2.75, 3.05) is 6.54 Å². The molecular formula is C13H18N2S. The zero-order valence-electron chi connectivity index (χ0n) is 10.0. The molecule has 2 aromatic heterocycles. The van der Waals surface area contributed by atoms with Crippen molar-refractivity contribution in [3.05, 3.63) is 29.3 Å². The second-order valence-corrected chi connectivity index (χ2v) is 5.54. The average Bonchev–Trinajstić information content (AvgIpc) is 2.72. The smallest absolute Gasteiger partial charge is 0.0809 e. The summed E-state index contributed by atoms with van der Waals surface area (Å²) < 4.78 is 1.27. The van der Waals surface area contributed by atoms with E-state index in [-0.39, 0.29) is 0 Å². The van der Waals surface area contributed by atoms with E-state index in [9.17, 15) is 0 Å². The van der Waals surface area contributed by atoms with Crippen LogP contribution in [0, 0.1) is 5.92 Å². The number of aromatic nitrogens is 1. The Labute approximate surface area is 101 Å². The molecule has 0 aliphatic heterocycles. The van der Waals surface area contributed by atoms with Gasteiger partial charge in [-0.25, -0.2) is 0 Å². The zero-order chi connectivity index (χ0) is 11.5. The zero-order valence-corrected chi connectivity index (χ0v) is 10.8. The number of hydrogen-bond donors (Lipinski definition) is 1. The van der Waals surface area contributed by atoms with Crippen molar-refractivity contribution in [1.82, 2.24) is 10.3 Å². The monoisotopic (exact) mass is 234 g/mol. The van der Waals surface area contributed by atoms with Crippen LogP contribution in [0.3, 0.4) is 0 Å². The number of fused-ring (bicyclic) bond motifs is 1. The molecule has 0 saturated carbocycles. The Morgan fingerprint density at radius 1 is 1.38 bits per heavy atom. The van der Waals surface area contributed by atoms with Crippen LogP contribution in [0.15, 0.2) is 23.7 Å². The van der Waals surface area contributed by atoms with Crippen LogP contribution in [0.4, 0.5) is 0 Å². The van der Waals surface area contributed by atoms with Gasteiger partial charge in [0, 0.05) is 12.2 Å². The van der Waals surface area contributed by atoms with Gasteiger partial charge in [0.15, 0.2) is 0 Å². The van der Waals surface area contributed by atoms with E-state index in [1.807, 2.05) is 6.20 Å². The summed E-state index contributed by atoms with van der Waals surface area (Å²) in [6, 6.07) is 4.68. The van der Waals surface area contributed by atoms with Gasteiger partial charge < -0.3 is 5.32 Å². The normalized spacial score (nSPS) is 13.5. The molecule has 0 saturated heterocycles. The van der Waals surface area contributed by atoms with Crippen LogP contribution in [0.1, 0.15) is 32.4 Å². The summed E-state index contributed by atoms with van der Waals surface area (Å²) in [5, 5.41) is 5.61. The fourth-order valence-corrected chi connectivity index (χ4v) is 2.42. The van der Waals surface area contributed by atoms with Crippen LogP contribution < -0.4 is 5.32 Å². The van der Waals surface area contributed by atoms with Crippen LogP contribution in [-0.4, -0.2) is 11.5 Å². The third kappa shape index (κ3) is 2.60. The highest BCUT2D eigenvalue weighted by Crippen LogP contribution is 2.22. The Bertz CT molecular complexity index is 462. The SMILES string of the molecule is CC(C)CNC(C)c1cnc2ccsc2c1. The minimum Gasteiger partial charge on any atom is -0.310 e. The van der Waals surface area contributed by atoms with Crippen molar-refractivity contribution in [2.24, 2.45) is 5.92 Å². The maximum atomic E-state index is 4.46. The van der Waals surface area contributed by atoms with Crippen molar-refractivity contribution < 1.29 is 0 Å². The molecule has 0 fully saturated rings. The molecule has 86 valence electrons. The Morgan fingerprint density at radius 2 is 2.19 bits per heavy atom. The van der Waals surface area contributed by atoms with E-state index >= 15 is 0 Å². The lowest BCUT2D eigenvalue weighted by Gasteiger charge is -2.15. The summed E-state index contributed by atoms with van der Waals surface area (Å²) in [6.07, 6.45) is 1.98. The van der Waals surface area contributed by atoms with E-state index in [2.05, 4.69) is 48.6 Å². The first kappa shape index (κ1) is 11.6. The van der Waals surface area contributed by atoms with Crippen LogP contribution in [-0.2, 0) is 0 Å². The number of rotatable bonds is 4. The van der Waals surface area contributed by atoms with E-state index in [1.165, 1.54) is 10.3 Å². The molecule has 1 atom stereocenters. The molecule has 0 spiro atoms. The summed E-state index contributed by atoms with van der Waals surface area (Å²) in [6.45, 7) is 7.68. The first-order valence-electron chi connectivity index (χ1n) is 5.73. The predicted octanol–water partition coefficient (Wildman–Crippen LogP) is 3.60. The van der Waals surface area contributed by atoms with Crippen molar-refractivity contribution in [1.29, 1.82) is 0 Å².